The molecular formula is C20H29FN2O5. The van der Waals surface area contributed by atoms with Gasteiger partial charge < -0.3 is 25.2 Å². The zero-order valence-corrected chi connectivity index (χ0v) is 16.1. The van der Waals surface area contributed by atoms with Crippen molar-refractivity contribution in [3.8, 4) is 5.75 Å². The van der Waals surface area contributed by atoms with Gasteiger partial charge >= 0.3 is 0 Å². The molecule has 0 aromatic heterocycles. The molecule has 1 amide bonds. The zero-order chi connectivity index (χ0) is 20.5. The van der Waals surface area contributed by atoms with Gasteiger partial charge in [-0.3, -0.25) is 9.59 Å². The lowest BCUT2D eigenvalue weighted by Gasteiger charge is -2.35. The average molecular weight is 396 g/mol. The van der Waals surface area contributed by atoms with Gasteiger partial charge in [0.2, 0.25) is 5.91 Å². The molecule has 1 saturated carbocycles. The summed E-state index contributed by atoms with van der Waals surface area (Å²) in [6, 6.07) is 5.97. The zero-order valence-electron chi connectivity index (χ0n) is 16.1. The topological polar surface area (TPSA) is 99.1 Å². The fourth-order valence-electron chi connectivity index (χ4n) is 4.14. The maximum absolute atomic E-state index is 12.8. The monoisotopic (exact) mass is 396 g/mol. The van der Waals surface area contributed by atoms with E-state index in [2.05, 4.69) is 10.2 Å². The molecular weight excluding hydrogens is 367 g/mol. The lowest BCUT2D eigenvalue weighted by molar-refractivity contribution is -0.123. The van der Waals surface area contributed by atoms with Gasteiger partial charge in [0.05, 0.1) is 18.8 Å². The minimum atomic E-state index is -0.438. The molecule has 28 heavy (non-hydrogen) atoms. The number of aliphatic hydroxyl groups excluding tert-OH is 1. The summed E-state index contributed by atoms with van der Waals surface area (Å²) < 4.78 is 18.5. The molecule has 156 valence electrons. The SMILES string of the molecule is CC(=O)N[C@@H]1C[C@@H]2CN(CCCOc3ccc(F)cc3)C[C@@H]2C[C@H]1O.O=CO. The number of likely N-dealkylation sites (tertiary alicyclic amines) is 1. The molecule has 4 atom stereocenters. The van der Waals surface area contributed by atoms with Gasteiger partial charge in [-0.2, -0.15) is 0 Å². The molecule has 3 rings (SSSR count). The van der Waals surface area contributed by atoms with Crippen LogP contribution < -0.4 is 10.1 Å². The highest BCUT2D eigenvalue weighted by Crippen LogP contribution is 2.36. The number of carboxylic acid groups (broad SMARTS) is 1. The van der Waals surface area contributed by atoms with Crippen LogP contribution in [0.2, 0.25) is 0 Å². The van der Waals surface area contributed by atoms with E-state index in [-0.39, 0.29) is 24.2 Å². The van der Waals surface area contributed by atoms with E-state index in [1.54, 1.807) is 12.1 Å². The normalized spacial score (nSPS) is 26.5. The maximum atomic E-state index is 12.8. The number of carbonyl (C=O) groups is 2. The highest BCUT2D eigenvalue weighted by atomic mass is 19.1. The first-order valence-electron chi connectivity index (χ1n) is 9.56. The van der Waals surface area contributed by atoms with Gasteiger partial charge in [0.1, 0.15) is 11.6 Å². The molecule has 0 bridgehead atoms. The maximum Gasteiger partial charge on any atom is 0.290 e. The molecule has 7 nitrogen and oxygen atoms in total. The fourth-order valence-corrected chi connectivity index (χ4v) is 4.14. The Hall–Kier alpha value is -2.19. The number of rotatable bonds is 6. The predicted octanol–water partition coefficient (Wildman–Crippen LogP) is 1.50. The molecule has 1 aromatic carbocycles. The summed E-state index contributed by atoms with van der Waals surface area (Å²) in [5, 5.41) is 20.0. The Bertz CT molecular complexity index is 628. The smallest absolute Gasteiger partial charge is 0.290 e. The molecule has 1 aromatic rings. The standard InChI is InChI=1S/C19H27FN2O3.CH2O2/c1-13(23)21-18-9-14-11-22(12-15(14)10-19(18)24)7-2-8-25-17-5-3-16(20)4-6-17;2-1-3/h3-6,14-15,18-19,24H,2,7-12H2,1H3,(H,21,23);1H,(H,2,3)/t14-,15+,18-,19-;/m1./s1. The number of fused-ring (bicyclic) bond motifs is 1. The Morgan fingerprint density at radius 3 is 2.50 bits per heavy atom. The highest BCUT2D eigenvalue weighted by molar-refractivity contribution is 5.73. The third-order valence-electron chi connectivity index (χ3n) is 5.31. The van der Waals surface area contributed by atoms with Crippen molar-refractivity contribution in [1.82, 2.24) is 10.2 Å². The van der Waals surface area contributed by atoms with Gasteiger partial charge in [-0.05, 0) is 55.4 Å². The summed E-state index contributed by atoms with van der Waals surface area (Å²) in [5.74, 6) is 1.41. The molecule has 0 unspecified atom stereocenters. The minimum absolute atomic E-state index is 0.0738. The van der Waals surface area contributed by atoms with Crippen LogP contribution in [-0.2, 0) is 9.59 Å². The van der Waals surface area contributed by atoms with Crippen LogP contribution in [0, 0.1) is 17.7 Å². The van der Waals surface area contributed by atoms with Crippen LogP contribution in [0.5, 0.6) is 5.75 Å². The van der Waals surface area contributed by atoms with Gasteiger partial charge in [-0.25, -0.2) is 4.39 Å². The van der Waals surface area contributed by atoms with Crippen LogP contribution in [-0.4, -0.2) is 65.9 Å². The Morgan fingerprint density at radius 2 is 1.89 bits per heavy atom. The second kappa shape index (κ2) is 11.0. The van der Waals surface area contributed by atoms with E-state index in [1.165, 1.54) is 19.1 Å². The minimum Gasteiger partial charge on any atom is -0.494 e. The number of benzene rings is 1. The third kappa shape index (κ3) is 6.76. The summed E-state index contributed by atoms with van der Waals surface area (Å²) in [7, 11) is 0. The lowest BCUT2D eigenvalue weighted by atomic mass is 9.77. The number of hydrogen-bond donors (Lipinski definition) is 3. The van der Waals surface area contributed by atoms with Gasteiger partial charge in [-0.15, -0.1) is 0 Å². The van der Waals surface area contributed by atoms with Crippen LogP contribution in [0.4, 0.5) is 4.39 Å². The van der Waals surface area contributed by atoms with E-state index in [1.807, 2.05) is 0 Å². The van der Waals surface area contributed by atoms with Crippen molar-refractivity contribution in [2.45, 2.75) is 38.3 Å². The molecule has 0 spiro atoms. The fraction of sp³-hybridized carbons (Fsp3) is 0.600. The van der Waals surface area contributed by atoms with E-state index in [9.17, 15) is 14.3 Å². The first-order chi connectivity index (χ1) is 13.4. The van der Waals surface area contributed by atoms with Crippen molar-refractivity contribution < 1.29 is 28.9 Å². The van der Waals surface area contributed by atoms with Crippen molar-refractivity contribution in [3.05, 3.63) is 30.1 Å². The number of hydrogen-bond acceptors (Lipinski definition) is 5. The number of aliphatic hydroxyl groups is 1. The summed E-state index contributed by atoms with van der Waals surface area (Å²) in [6.45, 7) is 4.83. The first kappa shape index (κ1) is 22.1. The Morgan fingerprint density at radius 1 is 1.29 bits per heavy atom. The Kier molecular flexibility index (Phi) is 8.66. The van der Waals surface area contributed by atoms with Crippen LogP contribution in [0.15, 0.2) is 24.3 Å². The Balaban J connectivity index is 0.000000878. The second-order valence-electron chi connectivity index (χ2n) is 7.39. The summed E-state index contributed by atoms with van der Waals surface area (Å²) in [6.07, 6.45) is 2.09. The molecule has 1 aliphatic carbocycles. The summed E-state index contributed by atoms with van der Waals surface area (Å²) in [4.78, 5) is 22.0. The number of halogens is 1. The summed E-state index contributed by atoms with van der Waals surface area (Å²) in [5.41, 5.74) is 0. The van der Waals surface area contributed by atoms with Crippen LogP contribution in [0.1, 0.15) is 26.2 Å². The number of amides is 1. The van der Waals surface area contributed by atoms with Crippen LogP contribution in [0.25, 0.3) is 0 Å². The van der Waals surface area contributed by atoms with Gasteiger partial charge in [-0.1, -0.05) is 0 Å². The molecule has 1 aliphatic heterocycles. The molecule has 2 aliphatic rings. The number of nitrogens with zero attached hydrogens (tertiary/aromatic N) is 1. The number of ether oxygens (including phenoxy) is 1. The first-order valence-corrected chi connectivity index (χ1v) is 9.56. The third-order valence-corrected chi connectivity index (χ3v) is 5.31. The van der Waals surface area contributed by atoms with Crippen molar-refractivity contribution >= 4 is 12.4 Å². The lowest BCUT2D eigenvalue weighted by Crippen LogP contribution is -2.48. The van der Waals surface area contributed by atoms with Crippen molar-refractivity contribution in [1.29, 1.82) is 0 Å². The van der Waals surface area contributed by atoms with Gasteiger partial charge in [0, 0.05) is 26.6 Å². The van der Waals surface area contributed by atoms with Gasteiger partial charge in [0.15, 0.2) is 0 Å². The molecule has 1 saturated heterocycles. The average Bonchev–Trinajstić information content (AvgIpc) is 3.02. The molecule has 0 radical (unpaired) electrons. The van der Waals surface area contributed by atoms with E-state index in [0.29, 0.717) is 24.2 Å². The number of carbonyl (C=O) groups excluding carboxylic acids is 1. The van der Waals surface area contributed by atoms with Crippen LogP contribution >= 0.6 is 0 Å². The molecule has 3 N–H and O–H groups in total. The number of nitrogens with one attached hydrogen (secondary N) is 1. The van der Waals surface area contributed by atoms with Crippen LogP contribution in [0.3, 0.4) is 0 Å². The van der Waals surface area contributed by atoms with Crippen molar-refractivity contribution in [2.75, 3.05) is 26.2 Å². The predicted molar refractivity (Wildman–Crippen MR) is 101 cm³/mol. The summed E-state index contributed by atoms with van der Waals surface area (Å²) >= 11 is 0. The van der Waals surface area contributed by atoms with E-state index in [4.69, 9.17) is 14.6 Å². The highest BCUT2D eigenvalue weighted by Gasteiger charge is 2.41. The van der Waals surface area contributed by atoms with E-state index in [0.717, 1.165) is 38.9 Å². The largest absolute Gasteiger partial charge is 0.494 e. The molecule has 1 heterocycles. The van der Waals surface area contributed by atoms with Gasteiger partial charge in [0.25, 0.3) is 6.47 Å². The van der Waals surface area contributed by atoms with E-state index >= 15 is 0 Å². The quantitative estimate of drug-likeness (QED) is 0.498. The second-order valence-corrected chi connectivity index (χ2v) is 7.39. The van der Waals surface area contributed by atoms with Crippen molar-refractivity contribution in [2.24, 2.45) is 11.8 Å². The Labute approximate surface area is 164 Å². The molecule has 2 fully saturated rings. The molecule has 8 heteroatoms. The van der Waals surface area contributed by atoms with Crippen molar-refractivity contribution in [3.63, 3.8) is 0 Å². The van der Waals surface area contributed by atoms with E-state index < -0.39 is 6.10 Å².